The fourth-order valence-corrected chi connectivity index (χ4v) is 4.98. The molecule has 0 radical (unpaired) electrons. The first-order chi connectivity index (χ1) is 17.5. The first-order valence-electron chi connectivity index (χ1n) is 12.8. The lowest BCUT2D eigenvalue weighted by molar-refractivity contribution is -0.145. The van der Waals surface area contributed by atoms with E-state index in [9.17, 15) is 9.59 Å². The summed E-state index contributed by atoms with van der Waals surface area (Å²) in [6.45, 7) is 5.55. The lowest BCUT2D eigenvalue weighted by Crippen LogP contribution is -2.31. The molecule has 0 bridgehead atoms. The number of ether oxygens (including phenoxy) is 2. The van der Waals surface area contributed by atoms with Gasteiger partial charge in [0, 0.05) is 12.3 Å². The third kappa shape index (κ3) is 6.82. The van der Waals surface area contributed by atoms with Gasteiger partial charge in [-0.25, -0.2) is 0 Å². The van der Waals surface area contributed by atoms with E-state index in [0.29, 0.717) is 25.5 Å². The van der Waals surface area contributed by atoms with Crippen molar-refractivity contribution < 1.29 is 19.1 Å². The molecule has 36 heavy (non-hydrogen) atoms. The summed E-state index contributed by atoms with van der Waals surface area (Å²) in [4.78, 5) is 24.9. The van der Waals surface area contributed by atoms with Crippen LogP contribution >= 0.6 is 0 Å². The van der Waals surface area contributed by atoms with Crippen molar-refractivity contribution in [3.63, 3.8) is 0 Å². The van der Waals surface area contributed by atoms with Crippen molar-refractivity contribution in [2.45, 2.75) is 39.2 Å². The van der Waals surface area contributed by atoms with Gasteiger partial charge >= 0.3 is 11.9 Å². The topological polar surface area (TPSA) is 64.6 Å². The summed E-state index contributed by atoms with van der Waals surface area (Å²) < 4.78 is 11.1. The summed E-state index contributed by atoms with van der Waals surface area (Å²) in [5, 5.41) is 3.17. The van der Waals surface area contributed by atoms with Crippen molar-refractivity contribution in [2.24, 2.45) is 11.8 Å². The highest BCUT2D eigenvalue weighted by atomic mass is 16.5. The molecule has 0 unspecified atom stereocenters. The van der Waals surface area contributed by atoms with Crippen molar-refractivity contribution >= 4 is 11.9 Å². The molecule has 0 aromatic heterocycles. The maximum atomic E-state index is 12.8. The van der Waals surface area contributed by atoms with Crippen LogP contribution in [-0.2, 0) is 25.7 Å². The number of nitrogens with one attached hydrogen (secondary N) is 1. The van der Waals surface area contributed by atoms with Gasteiger partial charge in [-0.15, -0.1) is 0 Å². The Morgan fingerprint density at radius 2 is 1.42 bits per heavy atom. The zero-order chi connectivity index (χ0) is 25.3. The molecule has 0 saturated heterocycles. The van der Waals surface area contributed by atoms with Gasteiger partial charge in [0.25, 0.3) is 0 Å². The minimum absolute atomic E-state index is 0.0578. The van der Waals surface area contributed by atoms with Crippen LogP contribution in [0.15, 0.2) is 78.9 Å². The Kier molecular flexibility index (Phi) is 8.90. The number of hydrogen-bond acceptors (Lipinski definition) is 5. The van der Waals surface area contributed by atoms with Crippen LogP contribution in [-0.4, -0.2) is 31.6 Å². The number of carbonyl (C=O) groups is 2. The Hall–Kier alpha value is -3.44. The van der Waals surface area contributed by atoms with Crippen LogP contribution < -0.4 is 5.32 Å². The molecule has 0 spiro atoms. The Morgan fingerprint density at radius 1 is 0.806 bits per heavy atom. The van der Waals surface area contributed by atoms with Crippen LogP contribution in [0.3, 0.4) is 0 Å². The zero-order valence-corrected chi connectivity index (χ0v) is 21.1. The number of hydrogen-bond donors (Lipinski definition) is 1. The van der Waals surface area contributed by atoms with Crippen LogP contribution in [0.25, 0.3) is 11.1 Å². The molecule has 0 heterocycles. The highest BCUT2D eigenvalue weighted by Crippen LogP contribution is 2.44. The summed E-state index contributed by atoms with van der Waals surface area (Å²) >= 11 is 0. The smallest absolute Gasteiger partial charge is 0.320 e. The predicted molar refractivity (Wildman–Crippen MR) is 141 cm³/mol. The standard InChI is InChI=1S/C31H35NO4/c1-22(2)16-24(18-32-19-31(34)35-20-23-10-4-3-5-11-23)17-30(33)36-21-29-27-14-8-6-12-25(27)26-13-7-9-15-28(26)29/h3-15,22,24,29,32H,16-21H2,1-2H3/t24-/m1/s1. The van der Waals surface area contributed by atoms with Gasteiger partial charge in [-0.3, -0.25) is 9.59 Å². The van der Waals surface area contributed by atoms with Gasteiger partial charge < -0.3 is 14.8 Å². The average molecular weight is 486 g/mol. The minimum Gasteiger partial charge on any atom is -0.465 e. The molecular formula is C31H35NO4. The van der Waals surface area contributed by atoms with Gasteiger partial charge in [0.2, 0.25) is 0 Å². The largest absolute Gasteiger partial charge is 0.465 e. The van der Waals surface area contributed by atoms with Crippen molar-refractivity contribution in [3.05, 3.63) is 95.6 Å². The summed E-state index contributed by atoms with van der Waals surface area (Å²) in [7, 11) is 0. The van der Waals surface area contributed by atoms with E-state index in [1.54, 1.807) is 0 Å². The Morgan fingerprint density at radius 3 is 2.06 bits per heavy atom. The van der Waals surface area contributed by atoms with Gasteiger partial charge in [0.15, 0.2) is 0 Å². The number of rotatable bonds is 12. The molecule has 0 aliphatic heterocycles. The number of carbonyl (C=O) groups excluding carboxylic acids is 2. The Labute approximate surface area is 213 Å². The van der Waals surface area contributed by atoms with Gasteiger partial charge in [-0.05, 0) is 52.6 Å². The summed E-state index contributed by atoms with van der Waals surface area (Å²) in [6.07, 6.45) is 1.19. The van der Waals surface area contributed by atoms with E-state index in [4.69, 9.17) is 9.47 Å². The molecule has 4 rings (SSSR count). The maximum Gasteiger partial charge on any atom is 0.320 e. The fourth-order valence-electron chi connectivity index (χ4n) is 4.98. The molecule has 0 fully saturated rings. The van der Waals surface area contributed by atoms with Gasteiger partial charge in [-0.2, -0.15) is 0 Å². The van der Waals surface area contributed by atoms with E-state index >= 15 is 0 Å². The molecule has 1 N–H and O–H groups in total. The number of esters is 2. The van der Waals surface area contributed by atoms with Gasteiger partial charge in [0.1, 0.15) is 13.2 Å². The fraction of sp³-hybridized carbons (Fsp3) is 0.355. The van der Waals surface area contributed by atoms with E-state index in [1.165, 1.54) is 22.3 Å². The Balaban J connectivity index is 1.26. The molecule has 3 aromatic carbocycles. The summed E-state index contributed by atoms with van der Waals surface area (Å²) in [5.74, 6) is 0.0763. The SMILES string of the molecule is CC(C)C[C@@H](CNCC(=O)OCc1ccccc1)CC(=O)OCC1c2ccccc2-c2ccccc21. The van der Waals surface area contributed by atoms with Crippen molar-refractivity contribution in [1.82, 2.24) is 5.32 Å². The van der Waals surface area contributed by atoms with Crippen molar-refractivity contribution in [2.75, 3.05) is 19.7 Å². The third-order valence-electron chi connectivity index (χ3n) is 6.58. The number of fused-ring (bicyclic) bond motifs is 3. The zero-order valence-electron chi connectivity index (χ0n) is 21.1. The van der Waals surface area contributed by atoms with Crippen LogP contribution in [0.2, 0.25) is 0 Å². The molecule has 5 heteroatoms. The van der Waals surface area contributed by atoms with Crippen LogP contribution in [0.5, 0.6) is 0 Å². The second-order valence-corrected chi connectivity index (χ2v) is 9.89. The number of benzene rings is 3. The molecule has 5 nitrogen and oxygen atoms in total. The predicted octanol–water partition coefficient (Wildman–Crippen LogP) is 5.73. The van der Waals surface area contributed by atoms with E-state index in [2.05, 4.69) is 43.4 Å². The monoisotopic (exact) mass is 485 g/mol. The summed E-state index contributed by atoms with van der Waals surface area (Å²) in [5.41, 5.74) is 5.81. The van der Waals surface area contributed by atoms with E-state index < -0.39 is 0 Å². The second-order valence-electron chi connectivity index (χ2n) is 9.89. The first kappa shape index (κ1) is 25.6. The molecule has 3 aromatic rings. The first-order valence-corrected chi connectivity index (χ1v) is 12.8. The molecule has 188 valence electrons. The van der Waals surface area contributed by atoms with Crippen molar-refractivity contribution in [3.8, 4) is 11.1 Å². The quantitative estimate of drug-likeness (QED) is 0.332. The molecule has 1 atom stereocenters. The van der Waals surface area contributed by atoms with E-state index in [0.717, 1.165) is 12.0 Å². The van der Waals surface area contributed by atoms with Crippen LogP contribution in [0, 0.1) is 11.8 Å². The minimum atomic E-state index is -0.303. The lowest BCUT2D eigenvalue weighted by Gasteiger charge is -2.20. The highest BCUT2D eigenvalue weighted by Gasteiger charge is 2.29. The maximum absolute atomic E-state index is 12.8. The van der Waals surface area contributed by atoms with Crippen LogP contribution in [0.1, 0.15) is 49.3 Å². The van der Waals surface area contributed by atoms with Crippen LogP contribution in [0.4, 0.5) is 0 Å². The highest BCUT2D eigenvalue weighted by molar-refractivity contribution is 5.79. The average Bonchev–Trinajstić information content (AvgIpc) is 3.20. The van der Waals surface area contributed by atoms with E-state index in [-0.39, 0.29) is 36.9 Å². The van der Waals surface area contributed by atoms with Gasteiger partial charge in [-0.1, -0.05) is 92.7 Å². The lowest BCUT2D eigenvalue weighted by atomic mass is 9.94. The normalized spacial score (nSPS) is 13.2. The molecule has 1 aliphatic rings. The third-order valence-corrected chi connectivity index (χ3v) is 6.58. The van der Waals surface area contributed by atoms with Crippen molar-refractivity contribution in [1.29, 1.82) is 0 Å². The molecular weight excluding hydrogens is 450 g/mol. The van der Waals surface area contributed by atoms with Gasteiger partial charge in [0.05, 0.1) is 6.54 Å². The van der Waals surface area contributed by atoms with E-state index in [1.807, 2.05) is 54.6 Å². The Bertz CT molecular complexity index is 1110. The molecule has 1 aliphatic carbocycles. The summed E-state index contributed by atoms with van der Waals surface area (Å²) in [6, 6.07) is 26.3. The molecule has 0 amide bonds. The molecule has 0 saturated carbocycles. The second kappa shape index (κ2) is 12.5.